The van der Waals surface area contributed by atoms with Crippen LogP contribution >= 0.6 is 0 Å². The van der Waals surface area contributed by atoms with Crippen LogP contribution in [0.25, 0.3) is 0 Å². The largest absolute Gasteiger partial charge is 0.375 e. The van der Waals surface area contributed by atoms with E-state index < -0.39 is 20.5 Å². The summed E-state index contributed by atoms with van der Waals surface area (Å²) in [5, 5.41) is 0. The van der Waals surface area contributed by atoms with Crippen LogP contribution in [-0.2, 0) is 14.6 Å². The highest BCUT2D eigenvalue weighted by atomic mass is 32.2. The predicted molar refractivity (Wildman–Crippen MR) is 70.9 cm³/mol. The maximum atomic E-state index is 12.4. The molecule has 2 rings (SSSR count). The zero-order valence-electron chi connectivity index (χ0n) is 11.3. The van der Waals surface area contributed by atoms with E-state index in [1.165, 1.54) is 12.1 Å². The molecule has 0 aromatic heterocycles. The van der Waals surface area contributed by atoms with Crippen molar-refractivity contribution in [3.63, 3.8) is 0 Å². The van der Waals surface area contributed by atoms with Gasteiger partial charge in [0.2, 0.25) is 9.84 Å². The van der Waals surface area contributed by atoms with Crippen molar-refractivity contribution >= 4 is 15.7 Å². The zero-order valence-corrected chi connectivity index (χ0v) is 12.1. The maximum Gasteiger partial charge on any atom is 0.341 e. The standard InChI is InChI=1S/C13H15F2NO4S/c1-9-8-16(6-7-20-9)12(17)10-2-4-11(5-3-10)21(18,19)13(14)15/h2-5,9,13H,6-8H2,1H3/t9-/m0/s1. The monoisotopic (exact) mass is 319 g/mol. The average Bonchev–Trinajstić information content (AvgIpc) is 2.46. The van der Waals surface area contributed by atoms with Crippen molar-refractivity contribution in [2.24, 2.45) is 0 Å². The molecule has 0 bridgehead atoms. The molecule has 0 radical (unpaired) electrons. The predicted octanol–water partition coefficient (Wildman–Crippen LogP) is 1.54. The third kappa shape index (κ3) is 3.38. The van der Waals surface area contributed by atoms with Crippen LogP contribution < -0.4 is 0 Å². The molecule has 8 heteroatoms. The minimum atomic E-state index is -4.63. The summed E-state index contributed by atoms with van der Waals surface area (Å²) >= 11 is 0. The van der Waals surface area contributed by atoms with Gasteiger partial charge in [0.25, 0.3) is 5.91 Å². The van der Waals surface area contributed by atoms with Gasteiger partial charge in [0.15, 0.2) is 0 Å². The zero-order chi connectivity index (χ0) is 15.6. The van der Waals surface area contributed by atoms with E-state index in [0.717, 1.165) is 12.1 Å². The molecule has 0 aliphatic carbocycles. The first kappa shape index (κ1) is 15.8. The molecule has 1 aliphatic rings. The molecule has 0 spiro atoms. The van der Waals surface area contributed by atoms with E-state index in [-0.39, 0.29) is 17.6 Å². The van der Waals surface area contributed by atoms with Gasteiger partial charge in [-0.25, -0.2) is 8.42 Å². The van der Waals surface area contributed by atoms with E-state index in [9.17, 15) is 22.0 Å². The molecule has 0 saturated carbocycles. The van der Waals surface area contributed by atoms with Crippen LogP contribution in [0.15, 0.2) is 29.2 Å². The lowest BCUT2D eigenvalue weighted by atomic mass is 10.2. The van der Waals surface area contributed by atoms with Gasteiger partial charge in [-0.15, -0.1) is 0 Å². The lowest BCUT2D eigenvalue weighted by molar-refractivity contribution is -0.0124. The number of ether oxygens (including phenoxy) is 1. The van der Waals surface area contributed by atoms with Crippen molar-refractivity contribution in [2.75, 3.05) is 19.7 Å². The van der Waals surface area contributed by atoms with E-state index in [2.05, 4.69) is 0 Å². The second-order valence-electron chi connectivity index (χ2n) is 4.76. The number of nitrogens with zero attached hydrogens (tertiary/aromatic N) is 1. The van der Waals surface area contributed by atoms with Crippen molar-refractivity contribution < 1.29 is 26.7 Å². The number of carbonyl (C=O) groups excluding carboxylic acids is 1. The molecule has 0 N–H and O–H groups in total. The number of hydrogen-bond donors (Lipinski definition) is 0. The van der Waals surface area contributed by atoms with Crippen LogP contribution in [0.3, 0.4) is 0 Å². The third-order valence-electron chi connectivity index (χ3n) is 3.19. The molecule has 21 heavy (non-hydrogen) atoms. The Hall–Kier alpha value is -1.54. The topological polar surface area (TPSA) is 63.7 Å². The number of hydrogen-bond acceptors (Lipinski definition) is 4. The first-order valence-corrected chi connectivity index (χ1v) is 7.90. The van der Waals surface area contributed by atoms with E-state index in [4.69, 9.17) is 4.74 Å². The summed E-state index contributed by atoms with van der Waals surface area (Å²) in [5.41, 5.74) is 0.261. The second kappa shape index (κ2) is 6.07. The average molecular weight is 319 g/mol. The molecular formula is C13H15F2NO4S. The van der Waals surface area contributed by atoms with Gasteiger partial charge in [-0.3, -0.25) is 4.79 Å². The Balaban J connectivity index is 2.17. The number of carbonyl (C=O) groups is 1. The summed E-state index contributed by atoms with van der Waals surface area (Å²) in [6.07, 6.45) is -0.0683. The molecular weight excluding hydrogens is 304 g/mol. The van der Waals surface area contributed by atoms with Crippen LogP contribution in [0, 0.1) is 0 Å². The molecule has 1 aliphatic heterocycles. The molecule has 1 fully saturated rings. The first-order chi connectivity index (χ1) is 9.82. The second-order valence-corrected chi connectivity index (χ2v) is 6.68. The van der Waals surface area contributed by atoms with Gasteiger partial charge in [-0.05, 0) is 31.2 Å². The number of alkyl halides is 2. The van der Waals surface area contributed by atoms with E-state index in [1.54, 1.807) is 4.90 Å². The summed E-state index contributed by atoms with van der Waals surface area (Å²) in [5.74, 6) is -3.75. The Morgan fingerprint density at radius 3 is 2.48 bits per heavy atom. The molecule has 1 amide bonds. The van der Waals surface area contributed by atoms with Gasteiger partial charge in [-0.2, -0.15) is 8.78 Å². The highest BCUT2D eigenvalue weighted by molar-refractivity contribution is 7.91. The fourth-order valence-corrected chi connectivity index (χ4v) is 2.80. The fourth-order valence-electron chi connectivity index (χ4n) is 2.08. The van der Waals surface area contributed by atoms with Crippen molar-refractivity contribution in [2.45, 2.75) is 23.7 Å². The highest BCUT2D eigenvalue weighted by Gasteiger charge is 2.27. The molecule has 1 aromatic carbocycles. The van der Waals surface area contributed by atoms with Gasteiger partial charge in [0.05, 0.1) is 17.6 Å². The molecule has 1 atom stereocenters. The molecule has 0 unspecified atom stereocenters. The lowest BCUT2D eigenvalue weighted by Crippen LogP contribution is -2.44. The van der Waals surface area contributed by atoms with Crippen LogP contribution in [0.1, 0.15) is 17.3 Å². The summed E-state index contributed by atoms with van der Waals surface area (Å²) in [4.78, 5) is 13.3. The molecule has 5 nitrogen and oxygen atoms in total. The van der Waals surface area contributed by atoms with Gasteiger partial charge >= 0.3 is 5.76 Å². The summed E-state index contributed by atoms with van der Waals surface area (Å²) in [6, 6.07) is 4.55. The summed E-state index contributed by atoms with van der Waals surface area (Å²) in [6.45, 7) is 3.17. The molecule has 1 heterocycles. The molecule has 1 saturated heterocycles. The maximum absolute atomic E-state index is 12.4. The number of halogens is 2. The van der Waals surface area contributed by atoms with Crippen LogP contribution in [0.4, 0.5) is 8.78 Å². The van der Waals surface area contributed by atoms with Crippen molar-refractivity contribution in [1.82, 2.24) is 4.90 Å². The Labute approximate surface area is 121 Å². The third-order valence-corrected chi connectivity index (χ3v) is 4.59. The van der Waals surface area contributed by atoms with Gasteiger partial charge in [0.1, 0.15) is 0 Å². The van der Waals surface area contributed by atoms with E-state index in [0.29, 0.717) is 19.7 Å². The fraction of sp³-hybridized carbons (Fsp3) is 0.462. The summed E-state index contributed by atoms with van der Waals surface area (Å²) in [7, 11) is -4.63. The Kier molecular flexibility index (Phi) is 4.58. The van der Waals surface area contributed by atoms with Crippen LogP contribution in [-0.4, -0.2) is 50.8 Å². The van der Waals surface area contributed by atoms with Crippen molar-refractivity contribution in [1.29, 1.82) is 0 Å². The number of rotatable bonds is 3. The Morgan fingerprint density at radius 1 is 1.33 bits per heavy atom. The summed E-state index contributed by atoms with van der Waals surface area (Å²) < 4.78 is 52.7. The number of benzene rings is 1. The van der Waals surface area contributed by atoms with Gasteiger partial charge < -0.3 is 9.64 Å². The van der Waals surface area contributed by atoms with Gasteiger partial charge in [0, 0.05) is 18.7 Å². The van der Waals surface area contributed by atoms with Gasteiger partial charge in [-0.1, -0.05) is 0 Å². The van der Waals surface area contributed by atoms with E-state index >= 15 is 0 Å². The first-order valence-electron chi connectivity index (χ1n) is 6.35. The lowest BCUT2D eigenvalue weighted by Gasteiger charge is -2.31. The minimum Gasteiger partial charge on any atom is -0.375 e. The quantitative estimate of drug-likeness (QED) is 0.848. The van der Waals surface area contributed by atoms with Crippen molar-refractivity contribution in [3.8, 4) is 0 Å². The molecule has 1 aromatic rings. The van der Waals surface area contributed by atoms with Crippen LogP contribution in [0.2, 0.25) is 0 Å². The number of morpholine rings is 1. The Bertz CT molecular complexity index is 616. The number of sulfone groups is 1. The minimum absolute atomic E-state index is 0.0683. The highest BCUT2D eigenvalue weighted by Crippen LogP contribution is 2.19. The molecule has 116 valence electrons. The van der Waals surface area contributed by atoms with Crippen LogP contribution in [0.5, 0.6) is 0 Å². The smallest absolute Gasteiger partial charge is 0.341 e. The SMILES string of the molecule is C[C@H]1CN(C(=O)c2ccc(S(=O)(=O)C(F)F)cc2)CCO1. The number of amides is 1. The van der Waals surface area contributed by atoms with E-state index in [1.807, 2.05) is 6.92 Å². The normalized spacial score (nSPS) is 19.8. The van der Waals surface area contributed by atoms with Crippen molar-refractivity contribution in [3.05, 3.63) is 29.8 Å². The Morgan fingerprint density at radius 2 is 1.95 bits per heavy atom.